The summed E-state index contributed by atoms with van der Waals surface area (Å²) in [5.41, 5.74) is 11.2. The first kappa shape index (κ1) is 12.6. The van der Waals surface area contributed by atoms with E-state index in [-0.39, 0.29) is 0 Å². The van der Waals surface area contributed by atoms with E-state index in [9.17, 15) is 0 Å². The van der Waals surface area contributed by atoms with Gasteiger partial charge in [0.05, 0.1) is 17.6 Å². The number of rotatable bonds is 3. The Hall–Kier alpha value is -2.42. The monoisotopic (exact) mass is 266 g/mol. The van der Waals surface area contributed by atoms with E-state index in [4.69, 9.17) is 10.2 Å². The molecule has 0 saturated heterocycles. The molecule has 3 nitrogen and oxygen atoms in total. The third-order valence-corrected chi connectivity index (χ3v) is 3.57. The van der Waals surface area contributed by atoms with Gasteiger partial charge in [-0.2, -0.15) is 0 Å². The van der Waals surface area contributed by atoms with E-state index in [0.717, 1.165) is 28.9 Å². The van der Waals surface area contributed by atoms with Crippen molar-refractivity contribution in [2.45, 2.75) is 13.5 Å². The van der Waals surface area contributed by atoms with Crippen LogP contribution in [0.1, 0.15) is 11.1 Å². The summed E-state index contributed by atoms with van der Waals surface area (Å²) in [4.78, 5) is 2.15. The molecule has 0 aliphatic carbocycles. The molecule has 2 aromatic carbocycles. The summed E-state index contributed by atoms with van der Waals surface area (Å²) in [6.45, 7) is 2.84. The lowest BCUT2D eigenvalue weighted by Gasteiger charge is -2.21. The number of furan rings is 1. The number of anilines is 2. The lowest BCUT2D eigenvalue weighted by molar-refractivity contribution is 0.610. The molecular weight excluding hydrogens is 248 g/mol. The van der Waals surface area contributed by atoms with Gasteiger partial charge in [0.1, 0.15) is 5.58 Å². The third-order valence-electron chi connectivity index (χ3n) is 3.57. The van der Waals surface area contributed by atoms with Crippen LogP contribution in [-0.4, -0.2) is 7.05 Å². The second-order valence-corrected chi connectivity index (χ2v) is 5.18. The second-order valence-electron chi connectivity index (χ2n) is 5.18. The fourth-order valence-corrected chi connectivity index (χ4v) is 2.48. The Morgan fingerprint density at radius 2 is 1.95 bits per heavy atom. The average molecular weight is 266 g/mol. The molecule has 0 aliphatic heterocycles. The minimum absolute atomic E-state index is 0.769. The Kier molecular flexibility index (Phi) is 3.11. The fraction of sp³-hybridized carbons (Fsp3) is 0.176. The molecule has 0 aliphatic rings. The zero-order chi connectivity index (χ0) is 14.1. The molecule has 0 amide bonds. The number of nitrogens with two attached hydrogens (primary N) is 1. The predicted octanol–water partition coefficient (Wildman–Crippen LogP) is 3.96. The minimum atomic E-state index is 0.769. The minimum Gasteiger partial charge on any atom is -0.464 e. The van der Waals surface area contributed by atoms with E-state index in [1.165, 1.54) is 11.1 Å². The highest BCUT2D eigenvalue weighted by Gasteiger charge is 2.10. The molecule has 0 saturated carbocycles. The molecule has 0 atom stereocenters. The summed E-state index contributed by atoms with van der Waals surface area (Å²) in [5, 5.41) is 1.16. The van der Waals surface area contributed by atoms with Gasteiger partial charge >= 0.3 is 0 Å². The predicted molar refractivity (Wildman–Crippen MR) is 83.9 cm³/mol. The van der Waals surface area contributed by atoms with Crippen LogP contribution >= 0.6 is 0 Å². The van der Waals surface area contributed by atoms with Crippen molar-refractivity contribution >= 4 is 22.3 Å². The van der Waals surface area contributed by atoms with Gasteiger partial charge < -0.3 is 15.1 Å². The molecule has 1 aromatic heterocycles. The molecule has 3 rings (SSSR count). The van der Waals surface area contributed by atoms with Gasteiger partial charge in [0.25, 0.3) is 0 Å². The van der Waals surface area contributed by atoms with Crippen molar-refractivity contribution in [1.82, 2.24) is 0 Å². The van der Waals surface area contributed by atoms with Gasteiger partial charge in [-0.25, -0.2) is 0 Å². The topological polar surface area (TPSA) is 42.4 Å². The Bertz CT molecular complexity index is 746. The third kappa shape index (κ3) is 2.23. The van der Waals surface area contributed by atoms with Gasteiger partial charge in [0, 0.05) is 24.5 Å². The van der Waals surface area contributed by atoms with Crippen LogP contribution in [0.25, 0.3) is 11.0 Å². The van der Waals surface area contributed by atoms with E-state index in [1.807, 2.05) is 43.6 Å². The highest BCUT2D eigenvalue weighted by molar-refractivity contribution is 5.81. The van der Waals surface area contributed by atoms with Crippen molar-refractivity contribution in [3.8, 4) is 0 Å². The number of benzene rings is 2. The summed E-state index contributed by atoms with van der Waals surface area (Å²) in [6.07, 6.45) is 1.83. The van der Waals surface area contributed by atoms with Gasteiger partial charge in [-0.3, -0.25) is 0 Å². The molecule has 3 heteroatoms. The standard InChI is InChI=1S/C17H18N2O/c1-12-7-8-15(18)16(9-12)19(2)10-13-11-20-17-6-4-3-5-14(13)17/h3-9,11H,10,18H2,1-2H3. The summed E-state index contributed by atoms with van der Waals surface area (Å²) in [6, 6.07) is 14.2. The number of aryl methyl sites for hydroxylation is 1. The van der Waals surface area contributed by atoms with Crippen molar-refractivity contribution in [2.75, 3.05) is 17.7 Å². The first-order valence-electron chi connectivity index (χ1n) is 6.67. The summed E-state index contributed by atoms with van der Waals surface area (Å²) >= 11 is 0. The highest BCUT2D eigenvalue weighted by atomic mass is 16.3. The summed E-state index contributed by atoms with van der Waals surface area (Å²) < 4.78 is 5.58. The maximum absolute atomic E-state index is 6.07. The number of hydrogen-bond donors (Lipinski definition) is 1. The first-order chi connectivity index (χ1) is 9.65. The SMILES string of the molecule is Cc1ccc(N)c(N(C)Cc2coc3ccccc23)c1. The number of nitrogens with zero attached hydrogens (tertiary/aromatic N) is 1. The van der Waals surface area contributed by atoms with Crippen molar-refractivity contribution in [3.63, 3.8) is 0 Å². The lowest BCUT2D eigenvalue weighted by atomic mass is 10.1. The molecule has 0 unspecified atom stereocenters. The van der Waals surface area contributed by atoms with Crippen LogP contribution in [0.5, 0.6) is 0 Å². The van der Waals surface area contributed by atoms with Crippen LogP contribution < -0.4 is 10.6 Å². The van der Waals surface area contributed by atoms with Crippen molar-refractivity contribution < 1.29 is 4.42 Å². The van der Waals surface area contributed by atoms with Gasteiger partial charge in [0.2, 0.25) is 0 Å². The zero-order valence-electron chi connectivity index (χ0n) is 11.8. The Morgan fingerprint density at radius 1 is 1.15 bits per heavy atom. The number of fused-ring (bicyclic) bond motifs is 1. The molecule has 1 heterocycles. The molecule has 3 aromatic rings. The molecule has 0 fully saturated rings. The molecule has 20 heavy (non-hydrogen) atoms. The Labute approximate surface area is 118 Å². The van der Waals surface area contributed by atoms with Crippen LogP contribution in [-0.2, 0) is 6.54 Å². The normalized spacial score (nSPS) is 10.9. The number of nitrogen functional groups attached to an aromatic ring is 1. The summed E-state index contributed by atoms with van der Waals surface area (Å²) in [5.74, 6) is 0. The smallest absolute Gasteiger partial charge is 0.134 e. The van der Waals surface area contributed by atoms with Crippen molar-refractivity contribution in [3.05, 3.63) is 59.9 Å². The zero-order valence-corrected chi connectivity index (χ0v) is 11.8. The highest BCUT2D eigenvalue weighted by Crippen LogP contribution is 2.27. The average Bonchev–Trinajstić information content (AvgIpc) is 2.85. The van der Waals surface area contributed by atoms with E-state index >= 15 is 0 Å². The van der Waals surface area contributed by atoms with Gasteiger partial charge in [0.15, 0.2) is 0 Å². The molecule has 2 N–H and O–H groups in total. The summed E-state index contributed by atoms with van der Waals surface area (Å²) in [7, 11) is 2.05. The largest absolute Gasteiger partial charge is 0.464 e. The van der Waals surface area contributed by atoms with E-state index < -0.39 is 0 Å². The maximum atomic E-state index is 6.07. The molecular formula is C17H18N2O. The molecule has 0 bridgehead atoms. The number of hydrogen-bond acceptors (Lipinski definition) is 3. The van der Waals surface area contributed by atoms with Gasteiger partial charge in [-0.05, 0) is 30.7 Å². The fourth-order valence-electron chi connectivity index (χ4n) is 2.48. The maximum Gasteiger partial charge on any atom is 0.134 e. The molecule has 102 valence electrons. The van der Waals surface area contributed by atoms with Gasteiger partial charge in [-0.15, -0.1) is 0 Å². The Balaban J connectivity index is 1.92. The molecule has 0 spiro atoms. The van der Waals surface area contributed by atoms with Crippen LogP contribution in [0.2, 0.25) is 0 Å². The van der Waals surface area contributed by atoms with Crippen LogP contribution in [0.15, 0.2) is 53.1 Å². The number of para-hydroxylation sites is 1. The first-order valence-corrected chi connectivity index (χ1v) is 6.67. The second kappa shape index (κ2) is 4.93. The quantitative estimate of drug-likeness (QED) is 0.730. The van der Waals surface area contributed by atoms with Gasteiger partial charge in [-0.1, -0.05) is 24.3 Å². The van der Waals surface area contributed by atoms with Crippen molar-refractivity contribution in [1.29, 1.82) is 0 Å². The molecule has 0 radical (unpaired) electrons. The lowest BCUT2D eigenvalue weighted by Crippen LogP contribution is -2.17. The van der Waals surface area contributed by atoms with Crippen LogP contribution in [0.4, 0.5) is 11.4 Å². The van der Waals surface area contributed by atoms with Crippen LogP contribution in [0.3, 0.4) is 0 Å². The van der Waals surface area contributed by atoms with E-state index in [2.05, 4.69) is 24.0 Å². The van der Waals surface area contributed by atoms with Crippen LogP contribution in [0, 0.1) is 6.92 Å². The van der Waals surface area contributed by atoms with Crippen molar-refractivity contribution in [2.24, 2.45) is 0 Å². The Morgan fingerprint density at radius 3 is 2.80 bits per heavy atom. The van der Waals surface area contributed by atoms with E-state index in [1.54, 1.807) is 0 Å². The van der Waals surface area contributed by atoms with E-state index in [0.29, 0.717) is 0 Å².